The maximum atomic E-state index is 10.5. The molecule has 5 heteroatoms. The molecule has 5 nitrogen and oxygen atoms in total. The summed E-state index contributed by atoms with van der Waals surface area (Å²) in [5, 5.41) is 2.55. The summed E-state index contributed by atoms with van der Waals surface area (Å²) in [6, 6.07) is 0. The predicted molar refractivity (Wildman–Crippen MR) is 47.7 cm³/mol. The highest BCUT2D eigenvalue weighted by Gasteiger charge is 2.02. The summed E-state index contributed by atoms with van der Waals surface area (Å²) in [4.78, 5) is 20.8. The van der Waals surface area contributed by atoms with Crippen LogP contribution < -0.4 is 11.1 Å². The number of hydrogen-bond donors (Lipinski definition) is 2. The minimum absolute atomic E-state index is 0.137. The van der Waals surface area contributed by atoms with Crippen molar-refractivity contribution < 1.29 is 14.3 Å². The average Bonchev–Trinajstić information content (AvgIpc) is 1.96. The average molecular weight is 188 g/mol. The molecule has 0 saturated heterocycles. The summed E-state index contributed by atoms with van der Waals surface area (Å²) in [6.07, 6.45) is 0.580. The zero-order valence-electron chi connectivity index (χ0n) is 8.00. The first-order valence-electron chi connectivity index (χ1n) is 4.19. The van der Waals surface area contributed by atoms with Crippen molar-refractivity contribution >= 4 is 11.8 Å². The second-order valence-corrected chi connectivity index (χ2v) is 2.78. The van der Waals surface area contributed by atoms with Crippen LogP contribution in [-0.4, -0.2) is 24.6 Å². The zero-order valence-corrected chi connectivity index (χ0v) is 8.00. The van der Waals surface area contributed by atoms with E-state index >= 15 is 0 Å². The summed E-state index contributed by atoms with van der Waals surface area (Å²) in [7, 11) is 0. The number of amides is 2. The van der Waals surface area contributed by atoms with Crippen LogP contribution in [0.5, 0.6) is 0 Å². The van der Waals surface area contributed by atoms with Gasteiger partial charge in [-0.15, -0.1) is 0 Å². The van der Waals surface area contributed by atoms with Crippen LogP contribution in [0.25, 0.3) is 0 Å². The topological polar surface area (TPSA) is 81.4 Å². The van der Waals surface area contributed by atoms with Crippen molar-refractivity contribution in [3.63, 3.8) is 0 Å². The van der Waals surface area contributed by atoms with Crippen LogP contribution in [0.1, 0.15) is 26.7 Å². The van der Waals surface area contributed by atoms with Crippen LogP contribution in [0.4, 0.5) is 0 Å². The molecule has 0 aliphatic carbocycles. The molecule has 0 heterocycles. The van der Waals surface area contributed by atoms with Crippen LogP contribution in [0.3, 0.4) is 0 Å². The van der Waals surface area contributed by atoms with E-state index in [-0.39, 0.29) is 18.0 Å². The summed E-state index contributed by atoms with van der Waals surface area (Å²) in [5.74, 6) is -0.474. The maximum Gasteiger partial charge on any atom is 0.218 e. The number of carbonyl (C=O) groups is 2. The second-order valence-electron chi connectivity index (χ2n) is 2.78. The van der Waals surface area contributed by atoms with Gasteiger partial charge in [-0.3, -0.25) is 9.59 Å². The molecule has 0 radical (unpaired) electrons. The van der Waals surface area contributed by atoms with Gasteiger partial charge in [0.2, 0.25) is 11.8 Å². The van der Waals surface area contributed by atoms with Gasteiger partial charge in [-0.05, 0) is 13.3 Å². The van der Waals surface area contributed by atoms with Crippen molar-refractivity contribution in [3.8, 4) is 0 Å². The molecule has 0 aromatic heterocycles. The third-order valence-electron chi connectivity index (χ3n) is 1.34. The van der Waals surface area contributed by atoms with Crippen LogP contribution in [-0.2, 0) is 14.3 Å². The number of primary amides is 1. The molecule has 0 aromatic rings. The minimum atomic E-state index is -0.337. The van der Waals surface area contributed by atoms with Crippen molar-refractivity contribution in [1.82, 2.24) is 5.32 Å². The molecule has 0 spiro atoms. The predicted octanol–water partition coefficient (Wildman–Crippen LogP) is -0.249. The molecule has 0 bridgehead atoms. The zero-order chi connectivity index (χ0) is 10.3. The van der Waals surface area contributed by atoms with Crippen molar-refractivity contribution in [2.75, 3.05) is 6.61 Å². The lowest BCUT2D eigenvalue weighted by Crippen LogP contribution is -2.33. The van der Waals surface area contributed by atoms with E-state index in [4.69, 9.17) is 10.5 Å². The number of carbonyl (C=O) groups excluding carboxylic acids is 2. The van der Waals surface area contributed by atoms with E-state index in [1.165, 1.54) is 6.92 Å². The number of nitrogens with one attached hydrogen (secondary N) is 1. The van der Waals surface area contributed by atoms with Gasteiger partial charge in [0.15, 0.2) is 0 Å². The monoisotopic (exact) mass is 188 g/mol. The molecule has 0 fully saturated rings. The molecule has 76 valence electrons. The quantitative estimate of drug-likeness (QED) is 0.445. The Labute approximate surface area is 77.6 Å². The van der Waals surface area contributed by atoms with Gasteiger partial charge in [-0.2, -0.15) is 0 Å². The van der Waals surface area contributed by atoms with E-state index < -0.39 is 0 Å². The first-order valence-corrected chi connectivity index (χ1v) is 4.19. The normalized spacial score (nSPS) is 12.2. The molecule has 3 N–H and O–H groups in total. The van der Waals surface area contributed by atoms with Crippen LogP contribution in [0, 0.1) is 0 Å². The molecular formula is C8H16N2O3. The Bertz CT molecular complexity index is 182. The SMILES string of the molecule is CC(=O)NC(C)OCCCC(N)=O. The summed E-state index contributed by atoms with van der Waals surface area (Å²) < 4.78 is 5.16. The summed E-state index contributed by atoms with van der Waals surface area (Å²) >= 11 is 0. The van der Waals surface area contributed by atoms with E-state index in [1.807, 2.05) is 0 Å². The minimum Gasteiger partial charge on any atom is -0.370 e. The largest absolute Gasteiger partial charge is 0.370 e. The van der Waals surface area contributed by atoms with E-state index in [9.17, 15) is 9.59 Å². The van der Waals surface area contributed by atoms with E-state index in [0.717, 1.165) is 0 Å². The number of nitrogens with two attached hydrogens (primary N) is 1. The third-order valence-corrected chi connectivity index (χ3v) is 1.34. The summed E-state index contributed by atoms with van der Waals surface area (Å²) in [5.41, 5.74) is 4.93. The molecule has 13 heavy (non-hydrogen) atoms. The highest BCUT2D eigenvalue weighted by molar-refractivity contribution is 5.73. The first-order chi connectivity index (χ1) is 6.02. The van der Waals surface area contributed by atoms with Crippen molar-refractivity contribution in [2.45, 2.75) is 32.9 Å². The van der Waals surface area contributed by atoms with Crippen LogP contribution >= 0.6 is 0 Å². The van der Waals surface area contributed by atoms with Crippen molar-refractivity contribution in [3.05, 3.63) is 0 Å². The Hall–Kier alpha value is -1.10. The summed E-state index contributed by atoms with van der Waals surface area (Å²) in [6.45, 7) is 3.57. The van der Waals surface area contributed by atoms with Crippen LogP contribution in [0.15, 0.2) is 0 Å². The molecule has 2 amide bonds. The lowest BCUT2D eigenvalue weighted by molar-refractivity contribution is -0.123. The lowest BCUT2D eigenvalue weighted by atomic mass is 10.3. The fourth-order valence-electron chi connectivity index (χ4n) is 0.834. The molecule has 0 saturated carbocycles. The van der Waals surface area contributed by atoms with Gasteiger partial charge in [0.1, 0.15) is 6.23 Å². The number of rotatable bonds is 6. The van der Waals surface area contributed by atoms with E-state index in [0.29, 0.717) is 19.4 Å². The van der Waals surface area contributed by atoms with Crippen molar-refractivity contribution in [2.24, 2.45) is 5.73 Å². The van der Waals surface area contributed by atoms with Gasteiger partial charge in [0.05, 0.1) is 0 Å². The molecule has 1 unspecified atom stereocenters. The maximum absolute atomic E-state index is 10.5. The van der Waals surface area contributed by atoms with E-state index in [1.54, 1.807) is 6.92 Å². The smallest absolute Gasteiger partial charge is 0.218 e. The fraction of sp³-hybridized carbons (Fsp3) is 0.750. The Morgan fingerprint density at radius 1 is 1.54 bits per heavy atom. The molecule has 0 aliphatic heterocycles. The number of hydrogen-bond acceptors (Lipinski definition) is 3. The molecule has 0 aliphatic rings. The van der Waals surface area contributed by atoms with Gasteiger partial charge in [-0.1, -0.05) is 0 Å². The first kappa shape index (κ1) is 11.9. The molecule has 0 rings (SSSR count). The molecular weight excluding hydrogens is 172 g/mol. The van der Waals surface area contributed by atoms with Gasteiger partial charge < -0.3 is 15.8 Å². The highest BCUT2D eigenvalue weighted by Crippen LogP contribution is 1.92. The second kappa shape index (κ2) is 6.42. The Kier molecular flexibility index (Phi) is 5.88. The standard InChI is InChI=1S/C8H16N2O3/c1-6(11)10-7(2)13-5-3-4-8(9)12/h7H,3-5H2,1-2H3,(H2,9,12)(H,10,11). The van der Waals surface area contributed by atoms with Gasteiger partial charge in [0.25, 0.3) is 0 Å². The van der Waals surface area contributed by atoms with Gasteiger partial charge >= 0.3 is 0 Å². The van der Waals surface area contributed by atoms with E-state index in [2.05, 4.69) is 5.32 Å². The third kappa shape index (κ3) is 8.81. The van der Waals surface area contributed by atoms with Crippen molar-refractivity contribution in [1.29, 1.82) is 0 Å². The fourth-order valence-corrected chi connectivity index (χ4v) is 0.834. The molecule has 1 atom stereocenters. The molecule has 0 aromatic carbocycles. The van der Waals surface area contributed by atoms with Gasteiger partial charge in [0, 0.05) is 20.0 Å². The Morgan fingerprint density at radius 3 is 2.62 bits per heavy atom. The highest BCUT2D eigenvalue weighted by atomic mass is 16.5. The Morgan fingerprint density at radius 2 is 2.15 bits per heavy atom. The van der Waals surface area contributed by atoms with Gasteiger partial charge in [-0.25, -0.2) is 0 Å². The Balaban J connectivity index is 3.31. The number of ether oxygens (including phenoxy) is 1. The van der Waals surface area contributed by atoms with Crippen LogP contribution in [0.2, 0.25) is 0 Å². The lowest BCUT2D eigenvalue weighted by Gasteiger charge is -2.12.